The van der Waals surface area contributed by atoms with Crippen molar-refractivity contribution in [2.75, 3.05) is 6.54 Å². The van der Waals surface area contributed by atoms with Crippen LogP contribution in [0.1, 0.15) is 43.7 Å². The molecule has 0 amide bonds. The van der Waals surface area contributed by atoms with Gasteiger partial charge in [-0.3, -0.25) is 0 Å². The van der Waals surface area contributed by atoms with E-state index in [1.807, 2.05) is 0 Å². The van der Waals surface area contributed by atoms with E-state index in [0.29, 0.717) is 12.0 Å². The number of hydrogen-bond donors (Lipinski definition) is 1. The second-order valence-electron chi connectivity index (χ2n) is 5.99. The van der Waals surface area contributed by atoms with Crippen LogP contribution in [0.4, 0.5) is 0 Å². The maximum absolute atomic E-state index is 8.89. The zero-order chi connectivity index (χ0) is 19.4. The smallest absolute Gasteiger partial charge is 0.550 e. The van der Waals surface area contributed by atoms with Gasteiger partial charge in [0, 0.05) is 23.9 Å². The molecule has 2 aromatic carbocycles. The minimum atomic E-state index is -1.08. The Labute approximate surface area is 174 Å². The standard InChI is InChI=1S/C17H19N.2C2H4O2.Pd/c1-3-8-14(9-4-1)17(16-12-7-13-18-16)15-10-5-2-6-11-15;2*1-2(3)4;/h1-6,8-11,16-18H,7,12-13H2;2*1H3,(H,3,4);/q;;;+2/p-2/t16-;;;/m1.../s1. The van der Waals surface area contributed by atoms with Crippen molar-refractivity contribution >= 4 is 11.9 Å². The van der Waals surface area contributed by atoms with Gasteiger partial charge < -0.3 is 25.1 Å². The molecule has 0 aromatic heterocycles. The summed E-state index contributed by atoms with van der Waals surface area (Å²) in [7, 11) is 0. The first-order valence-corrected chi connectivity index (χ1v) is 8.60. The van der Waals surface area contributed by atoms with E-state index in [2.05, 4.69) is 66.0 Å². The Morgan fingerprint density at radius 2 is 1.26 bits per heavy atom. The molecule has 148 valence electrons. The molecule has 0 spiro atoms. The van der Waals surface area contributed by atoms with E-state index in [1.54, 1.807) is 0 Å². The summed E-state index contributed by atoms with van der Waals surface area (Å²) in [6, 6.07) is 22.3. The third kappa shape index (κ3) is 10.7. The van der Waals surface area contributed by atoms with Crippen LogP contribution in [0.5, 0.6) is 0 Å². The van der Waals surface area contributed by atoms with E-state index in [-0.39, 0.29) is 20.4 Å². The Kier molecular flexibility index (Phi) is 13.1. The molecule has 1 heterocycles. The third-order valence-corrected chi connectivity index (χ3v) is 3.82. The van der Waals surface area contributed by atoms with Crippen LogP contribution in [0.25, 0.3) is 0 Å². The predicted octanol–water partition coefficient (Wildman–Crippen LogP) is 1.08. The van der Waals surface area contributed by atoms with Gasteiger partial charge in [-0.25, -0.2) is 0 Å². The first-order valence-electron chi connectivity index (χ1n) is 8.60. The van der Waals surface area contributed by atoms with Crippen LogP contribution in [0.15, 0.2) is 60.7 Å². The fourth-order valence-electron chi connectivity index (χ4n) is 2.97. The van der Waals surface area contributed by atoms with Gasteiger partial charge in [-0.15, -0.1) is 0 Å². The Morgan fingerprint density at radius 1 is 0.889 bits per heavy atom. The average molecular weight is 462 g/mol. The molecule has 0 radical (unpaired) electrons. The van der Waals surface area contributed by atoms with Crippen molar-refractivity contribution in [3.63, 3.8) is 0 Å². The van der Waals surface area contributed by atoms with E-state index in [9.17, 15) is 0 Å². The minimum absolute atomic E-state index is 0. The molecule has 1 N–H and O–H groups in total. The summed E-state index contributed by atoms with van der Waals surface area (Å²) in [5, 5.41) is 21.4. The van der Waals surface area contributed by atoms with E-state index < -0.39 is 11.9 Å². The summed E-state index contributed by atoms with van der Waals surface area (Å²) in [6.45, 7) is 3.10. The number of benzene rings is 2. The molecular formula is C21H25NO4Pd. The fourth-order valence-corrected chi connectivity index (χ4v) is 2.97. The second-order valence-corrected chi connectivity index (χ2v) is 5.99. The maximum Gasteiger partial charge on any atom is 2.00 e. The van der Waals surface area contributed by atoms with Gasteiger partial charge in [-0.1, -0.05) is 60.7 Å². The Bertz CT molecular complexity index is 599. The predicted molar refractivity (Wildman–Crippen MR) is 97.1 cm³/mol. The van der Waals surface area contributed by atoms with E-state index in [1.165, 1.54) is 24.0 Å². The zero-order valence-corrected chi connectivity index (χ0v) is 17.1. The number of carbonyl (C=O) groups excluding carboxylic acids is 2. The molecule has 0 aliphatic carbocycles. The van der Waals surface area contributed by atoms with Crippen LogP contribution in [0.3, 0.4) is 0 Å². The molecule has 27 heavy (non-hydrogen) atoms. The molecule has 1 aliphatic heterocycles. The molecule has 2 aromatic rings. The van der Waals surface area contributed by atoms with Gasteiger partial charge in [0.15, 0.2) is 0 Å². The Balaban J connectivity index is 0.000000646. The van der Waals surface area contributed by atoms with Crippen LogP contribution in [-0.2, 0) is 30.0 Å². The quantitative estimate of drug-likeness (QED) is 0.691. The van der Waals surface area contributed by atoms with Gasteiger partial charge >= 0.3 is 20.4 Å². The van der Waals surface area contributed by atoms with Crippen molar-refractivity contribution in [2.45, 2.75) is 38.6 Å². The summed E-state index contributed by atoms with van der Waals surface area (Å²) < 4.78 is 0. The normalized spacial score (nSPS) is 14.7. The number of carboxylic acids is 2. The molecule has 0 saturated carbocycles. The largest absolute Gasteiger partial charge is 2.00 e. The van der Waals surface area contributed by atoms with Gasteiger partial charge in [-0.2, -0.15) is 0 Å². The summed E-state index contributed by atoms with van der Waals surface area (Å²) in [4.78, 5) is 17.8. The molecular weight excluding hydrogens is 437 g/mol. The molecule has 0 bridgehead atoms. The number of hydrogen-bond acceptors (Lipinski definition) is 5. The summed E-state index contributed by atoms with van der Waals surface area (Å²) in [6.07, 6.45) is 2.56. The maximum atomic E-state index is 8.89. The molecule has 1 atom stereocenters. The molecule has 1 saturated heterocycles. The topological polar surface area (TPSA) is 92.3 Å². The van der Waals surface area contributed by atoms with Crippen molar-refractivity contribution in [2.24, 2.45) is 0 Å². The third-order valence-electron chi connectivity index (χ3n) is 3.82. The zero-order valence-electron chi connectivity index (χ0n) is 15.5. The molecule has 1 fully saturated rings. The Hall–Kier alpha value is -2.00. The number of nitrogens with one attached hydrogen (secondary N) is 1. The van der Waals surface area contributed by atoms with Crippen molar-refractivity contribution in [3.8, 4) is 0 Å². The van der Waals surface area contributed by atoms with Gasteiger partial charge in [0.2, 0.25) is 0 Å². The Morgan fingerprint density at radius 3 is 1.56 bits per heavy atom. The van der Waals surface area contributed by atoms with E-state index >= 15 is 0 Å². The fraction of sp³-hybridized carbons (Fsp3) is 0.333. The molecule has 1 aliphatic rings. The van der Waals surface area contributed by atoms with Crippen molar-refractivity contribution in [3.05, 3.63) is 71.8 Å². The summed E-state index contributed by atoms with van der Waals surface area (Å²) in [5.41, 5.74) is 2.84. The van der Waals surface area contributed by atoms with Crippen LogP contribution < -0.4 is 15.5 Å². The van der Waals surface area contributed by atoms with E-state index in [4.69, 9.17) is 19.8 Å². The SMILES string of the molecule is CC(=O)[O-].CC(=O)[O-].[Pd+2].c1ccc(C(c2ccccc2)[C@H]2CCCN2)cc1. The summed E-state index contributed by atoms with van der Waals surface area (Å²) >= 11 is 0. The average Bonchev–Trinajstić information content (AvgIpc) is 3.10. The van der Waals surface area contributed by atoms with Crippen molar-refractivity contribution < 1.29 is 40.2 Å². The number of rotatable bonds is 3. The second kappa shape index (κ2) is 14.1. The molecule has 5 nitrogen and oxygen atoms in total. The van der Waals surface area contributed by atoms with Crippen molar-refractivity contribution in [1.29, 1.82) is 0 Å². The van der Waals surface area contributed by atoms with Crippen LogP contribution in [0.2, 0.25) is 0 Å². The number of carbonyl (C=O) groups is 2. The molecule has 6 heteroatoms. The minimum Gasteiger partial charge on any atom is -0.550 e. The number of carboxylic acid groups (broad SMARTS) is 2. The summed E-state index contributed by atoms with van der Waals surface area (Å²) in [5.74, 6) is -1.69. The van der Waals surface area contributed by atoms with Gasteiger partial charge in [-0.05, 0) is 44.4 Å². The monoisotopic (exact) mass is 461 g/mol. The molecule has 0 unspecified atom stereocenters. The van der Waals surface area contributed by atoms with Crippen LogP contribution in [0, 0.1) is 0 Å². The number of aliphatic carboxylic acids is 2. The first-order chi connectivity index (χ1) is 12.4. The van der Waals surface area contributed by atoms with Crippen molar-refractivity contribution in [1.82, 2.24) is 5.32 Å². The van der Waals surface area contributed by atoms with Crippen LogP contribution in [-0.4, -0.2) is 24.5 Å². The first kappa shape index (κ1) is 25.0. The van der Waals surface area contributed by atoms with Gasteiger partial charge in [0.25, 0.3) is 0 Å². The van der Waals surface area contributed by atoms with Gasteiger partial charge in [0.05, 0.1) is 0 Å². The van der Waals surface area contributed by atoms with E-state index in [0.717, 1.165) is 20.4 Å². The van der Waals surface area contributed by atoms with Crippen LogP contribution >= 0.6 is 0 Å². The van der Waals surface area contributed by atoms with Gasteiger partial charge in [0.1, 0.15) is 0 Å². The molecule has 3 rings (SSSR count).